The zero-order valence-electron chi connectivity index (χ0n) is 12.2. The summed E-state index contributed by atoms with van der Waals surface area (Å²) < 4.78 is 5.92. The summed E-state index contributed by atoms with van der Waals surface area (Å²) in [4.78, 5) is 0. The first kappa shape index (κ1) is 14.4. The number of ether oxygens (including phenoxy) is 1. The van der Waals surface area contributed by atoms with Gasteiger partial charge in [0.1, 0.15) is 0 Å². The van der Waals surface area contributed by atoms with Crippen LogP contribution in [0, 0.1) is 5.41 Å². The maximum atomic E-state index is 6.04. The zero-order chi connectivity index (χ0) is 14.0. The van der Waals surface area contributed by atoms with Crippen LogP contribution in [0.1, 0.15) is 44.1 Å². The maximum absolute atomic E-state index is 6.04. The van der Waals surface area contributed by atoms with Crippen molar-refractivity contribution in [2.45, 2.75) is 44.6 Å². The van der Waals surface area contributed by atoms with Crippen LogP contribution in [-0.2, 0) is 4.74 Å². The lowest BCUT2D eigenvalue weighted by Crippen LogP contribution is -2.48. The van der Waals surface area contributed by atoms with Crippen LogP contribution in [0.4, 0.5) is 0 Å². The highest BCUT2D eigenvalue weighted by Crippen LogP contribution is 2.49. The first-order chi connectivity index (χ1) is 9.73. The smallest absolute Gasteiger partial charge is 0.0578 e. The molecule has 1 aromatic rings. The average molecular weight is 294 g/mol. The third-order valence-corrected chi connectivity index (χ3v) is 5.45. The molecule has 2 fully saturated rings. The second-order valence-corrected chi connectivity index (χ2v) is 6.71. The molecule has 2 aliphatic heterocycles. The summed E-state index contributed by atoms with van der Waals surface area (Å²) in [6.45, 7) is 5.38. The van der Waals surface area contributed by atoms with E-state index in [-0.39, 0.29) is 0 Å². The molecule has 3 atom stereocenters. The molecular weight excluding hydrogens is 270 g/mol. The van der Waals surface area contributed by atoms with Gasteiger partial charge in [-0.3, -0.25) is 0 Å². The minimum Gasteiger partial charge on any atom is -0.378 e. The molecule has 0 aromatic heterocycles. The lowest BCUT2D eigenvalue weighted by molar-refractivity contribution is -0.0690. The molecule has 0 saturated carbocycles. The summed E-state index contributed by atoms with van der Waals surface area (Å²) >= 11 is 6.04. The van der Waals surface area contributed by atoms with Gasteiger partial charge in [-0.05, 0) is 55.3 Å². The van der Waals surface area contributed by atoms with Crippen LogP contribution < -0.4 is 5.32 Å². The number of nitrogens with one attached hydrogen (secondary N) is 1. The molecule has 3 heteroatoms. The van der Waals surface area contributed by atoms with Crippen molar-refractivity contribution >= 4 is 11.6 Å². The maximum Gasteiger partial charge on any atom is 0.0578 e. The van der Waals surface area contributed by atoms with Gasteiger partial charge in [0.2, 0.25) is 0 Å². The first-order valence-corrected chi connectivity index (χ1v) is 8.19. The van der Waals surface area contributed by atoms with Crippen molar-refractivity contribution in [3.05, 3.63) is 34.9 Å². The Morgan fingerprint density at radius 2 is 2.10 bits per heavy atom. The molecule has 2 aliphatic rings. The molecule has 0 amide bonds. The van der Waals surface area contributed by atoms with Crippen molar-refractivity contribution in [3.8, 4) is 0 Å². The van der Waals surface area contributed by atoms with Crippen LogP contribution in [0.15, 0.2) is 24.3 Å². The molecular formula is C17H24ClNO. The van der Waals surface area contributed by atoms with Gasteiger partial charge in [-0.1, -0.05) is 30.7 Å². The molecule has 1 N–H and O–H groups in total. The number of benzene rings is 1. The van der Waals surface area contributed by atoms with E-state index in [9.17, 15) is 0 Å². The Kier molecular flexibility index (Phi) is 4.34. The second kappa shape index (κ2) is 6.05. The van der Waals surface area contributed by atoms with Crippen molar-refractivity contribution < 1.29 is 4.74 Å². The van der Waals surface area contributed by atoms with Crippen LogP contribution in [0.2, 0.25) is 5.02 Å². The molecule has 110 valence electrons. The van der Waals surface area contributed by atoms with Gasteiger partial charge < -0.3 is 10.1 Å². The van der Waals surface area contributed by atoms with Gasteiger partial charge in [0.25, 0.3) is 0 Å². The molecule has 20 heavy (non-hydrogen) atoms. The first-order valence-electron chi connectivity index (χ1n) is 7.81. The molecule has 3 rings (SSSR count). The van der Waals surface area contributed by atoms with E-state index in [0.717, 1.165) is 31.1 Å². The van der Waals surface area contributed by atoms with E-state index in [2.05, 4.69) is 24.4 Å². The molecule has 2 heterocycles. The van der Waals surface area contributed by atoms with Gasteiger partial charge >= 0.3 is 0 Å². The van der Waals surface area contributed by atoms with Crippen molar-refractivity contribution in [1.82, 2.24) is 5.32 Å². The van der Waals surface area contributed by atoms with Crippen molar-refractivity contribution in [3.63, 3.8) is 0 Å². The van der Waals surface area contributed by atoms with Gasteiger partial charge in [0, 0.05) is 24.1 Å². The number of hydrogen-bond donors (Lipinski definition) is 1. The monoisotopic (exact) mass is 293 g/mol. The van der Waals surface area contributed by atoms with Gasteiger partial charge in [0.05, 0.1) is 6.10 Å². The fourth-order valence-corrected chi connectivity index (χ4v) is 4.12. The van der Waals surface area contributed by atoms with Crippen LogP contribution >= 0.6 is 11.6 Å². The third-order valence-electron chi connectivity index (χ3n) is 5.20. The summed E-state index contributed by atoms with van der Waals surface area (Å²) in [6.07, 6.45) is 5.23. The summed E-state index contributed by atoms with van der Waals surface area (Å²) in [5.41, 5.74) is 1.84. The Morgan fingerprint density at radius 1 is 1.30 bits per heavy atom. The lowest BCUT2D eigenvalue weighted by Gasteiger charge is -2.49. The quantitative estimate of drug-likeness (QED) is 0.890. The SMILES string of the molecule is CCC1CC2(CCNCC2c2ccc(Cl)cc2)CCO1. The highest BCUT2D eigenvalue weighted by molar-refractivity contribution is 6.30. The molecule has 2 saturated heterocycles. The largest absolute Gasteiger partial charge is 0.378 e. The lowest BCUT2D eigenvalue weighted by atomic mass is 9.62. The Balaban J connectivity index is 1.88. The van der Waals surface area contributed by atoms with E-state index in [0.29, 0.717) is 17.4 Å². The van der Waals surface area contributed by atoms with E-state index >= 15 is 0 Å². The minimum atomic E-state index is 0.415. The van der Waals surface area contributed by atoms with Crippen molar-refractivity contribution in [1.29, 1.82) is 0 Å². The summed E-state index contributed by atoms with van der Waals surface area (Å²) in [6, 6.07) is 8.46. The predicted octanol–water partition coefficient (Wildman–Crippen LogP) is 3.99. The van der Waals surface area contributed by atoms with E-state index < -0.39 is 0 Å². The molecule has 0 bridgehead atoms. The van der Waals surface area contributed by atoms with E-state index in [4.69, 9.17) is 16.3 Å². The summed E-state index contributed by atoms with van der Waals surface area (Å²) in [5.74, 6) is 0.589. The molecule has 1 spiro atoms. The number of hydrogen-bond acceptors (Lipinski definition) is 2. The standard InChI is InChI=1S/C17H24ClNO/c1-2-15-11-17(8-10-20-15)7-9-19-12-16(17)13-3-5-14(18)6-4-13/h3-6,15-16,19H,2,7-12H2,1H3. The normalized spacial score (nSPS) is 34.3. The van der Waals surface area contributed by atoms with Crippen LogP contribution in [-0.4, -0.2) is 25.8 Å². The van der Waals surface area contributed by atoms with Crippen molar-refractivity contribution in [2.24, 2.45) is 5.41 Å². The van der Waals surface area contributed by atoms with Crippen LogP contribution in [0.5, 0.6) is 0 Å². The summed E-state index contributed by atoms with van der Waals surface area (Å²) in [7, 11) is 0. The van der Waals surface area contributed by atoms with E-state index in [1.54, 1.807) is 0 Å². The van der Waals surface area contributed by atoms with Gasteiger partial charge in [-0.15, -0.1) is 0 Å². The summed E-state index contributed by atoms with van der Waals surface area (Å²) in [5, 5.41) is 4.40. The van der Waals surface area contributed by atoms with E-state index in [1.807, 2.05) is 12.1 Å². The van der Waals surface area contributed by atoms with Gasteiger partial charge in [0.15, 0.2) is 0 Å². The highest BCUT2D eigenvalue weighted by Gasteiger charge is 2.44. The highest BCUT2D eigenvalue weighted by atomic mass is 35.5. The molecule has 1 aromatic carbocycles. The zero-order valence-corrected chi connectivity index (χ0v) is 13.0. The number of piperidine rings is 1. The van der Waals surface area contributed by atoms with Crippen LogP contribution in [0.25, 0.3) is 0 Å². The number of rotatable bonds is 2. The van der Waals surface area contributed by atoms with Crippen LogP contribution in [0.3, 0.4) is 0 Å². The molecule has 0 aliphatic carbocycles. The Hall–Kier alpha value is -0.570. The third kappa shape index (κ3) is 2.74. The molecule has 3 unspecified atom stereocenters. The Bertz CT molecular complexity index is 443. The Labute approximate surface area is 126 Å². The molecule has 2 nitrogen and oxygen atoms in total. The van der Waals surface area contributed by atoms with E-state index in [1.165, 1.54) is 24.8 Å². The fourth-order valence-electron chi connectivity index (χ4n) is 3.99. The molecule has 0 radical (unpaired) electrons. The Morgan fingerprint density at radius 3 is 2.85 bits per heavy atom. The number of halogens is 1. The topological polar surface area (TPSA) is 21.3 Å². The van der Waals surface area contributed by atoms with Gasteiger partial charge in [-0.25, -0.2) is 0 Å². The minimum absolute atomic E-state index is 0.415. The fraction of sp³-hybridized carbons (Fsp3) is 0.647. The van der Waals surface area contributed by atoms with Crippen molar-refractivity contribution in [2.75, 3.05) is 19.7 Å². The average Bonchev–Trinajstić information content (AvgIpc) is 2.49. The predicted molar refractivity (Wildman–Crippen MR) is 83.4 cm³/mol. The second-order valence-electron chi connectivity index (χ2n) is 6.28. The van der Waals surface area contributed by atoms with Gasteiger partial charge in [-0.2, -0.15) is 0 Å².